The number of benzene rings is 4. The molecule has 0 aliphatic heterocycles. The molecule has 0 aliphatic carbocycles. The molecule has 6 rings (SSSR count). The summed E-state index contributed by atoms with van der Waals surface area (Å²) in [5, 5.41) is -0.923. The molecule has 0 spiro atoms. The highest BCUT2D eigenvalue weighted by molar-refractivity contribution is 7.93. The summed E-state index contributed by atoms with van der Waals surface area (Å²) in [6.07, 6.45) is -7.89. The van der Waals surface area contributed by atoms with E-state index in [0.29, 0.717) is 35.1 Å². The fourth-order valence-electron chi connectivity index (χ4n) is 6.08. The van der Waals surface area contributed by atoms with Gasteiger partial charge in [-0.3, -0.25) is 0 Å². The van der Waals surface area contributed by atoms with Crippen molar-refractivity contribution in [1.29, 1.82) is 0 Å². The Labute approximate surface area is 381 Å². The quantitative estimate of drug-likeness (QED) is 0.0592. The van der Waals surface area contributed by atoms with Crippen LogP contribution in [-0.4, -0.2) is 45.3 Å². The molecule has 0 aliphatic rings. The minimum atomic E-state index is -5.12. The van der Waals surface area contributed by atoms with Gasteiger partial charge in [0, 0.05) is 18.9 Å². The predicted octanol–water partition coefficient (Wildman–Crippen LogP) is 10.8. The molecule has 0 radical (unpaired) electrons. The Balaban J connectivity index is 1.20. The van der Waals surface area contributed by atoms with Crippen LogP contribution in [0.15, 0.2) is 131 Å². The van der Waals surface area contributed by atoms with Gasteiger partial charge in [-0.25, -0.2) is 49.4 Å². The lowest BCUT2D eigenvalue weighted by atomic mass is 10.1. The number of esters is 2. The number of hydrogen-bond acceptors (Lipinski definition) is 9. The largest absolute Gasteiger partial charge is 0.419 e. The van der Waals surface area contributed by atoms with E-state index in [1.807, 2.05) is 0 Å². The number of rotatable bonds is 14. The van der Waals surface area contributed by atoms with Crippen molar-refractivity contribution >= 4 is 78.4 Å². The molecule has 0 atom stereocenters. The van der Waals surface area contributed by atoms with Crippen LogP contribution in [0.4, 0.5) is 42.4 Å². The van der Waals surface area contributed by atoms with Crippen LogP contribution in [0, 0.1) is 5.82 Å². The van der Waals surface area contributed by atoms with Crippen molar-refractivity contribution < 1.29 is 61.9 Å². The van der Waals surface area contributed by atoms with Gasteiger partial charge < -0.3 is 4.74 Å². The summed E-state index contributed by atoms with van der Waals surface area (Å²) in [7, 11) is -9.39. The van der Waals surface area contributed by atoms with Gasteiger partial charge >= 0.3 is 24.3 Å². The zero-order chi connectivity index (χ0) is 47.5. The van der Waals surface area contributed by atoms with Gasteiger partial charge in [0.1, 0.15) is 5.82 Å². The van der Waals surface area contributed by atoms with Crippen molar-refractivity contribution in [1.82, 2.24) is 9.97 Å². The average Bonchev–Trinajstić information content (AvgIpc) is 3.25. The van der Waals surface area contributed by atoms with E-state index in [-0.39, 0.29) is 39.7 Å². The first-order valence-electron chi connectivity index (χ1n) is 18.4. The summed E-state index contributed by atoms with van der Waals surface area (Å²) < 4.78 is 157. The Bertz CT molecular complexity index is 2970. The number of aromatic nitrogens is 2. The molecule has 2 heterocycles. The average molecular weight is 1000 g/mol. The number of sulfonamides is 2. The molecule has 0 saturated heterocycles. The second-order valence-electron chi connectivity index (χ2n) is 13.7. The van der Waals surface area contributed by atoms with Crippen LogP contribution in [0.5, 0.6) is 0 Å². The lowest BCUT2D eigenvalue weighted by Gasteiger charge is -2.25. The molecular formula is C42H28Cl3F7N4O7S2. The van der Waals surface area contributed by atoms with Crippen LogP contribution >= 0.6 is 34.8 Å². The van der Waals surface area contributed by atoms with Crippen LogP contribution in [-0.2, 0) is 50.1 Å². The number of aryl methyl sites for hydroxylation is 1. The maximum Gasteiger partial charge on any atom is 0.419 e. The second kappa shape index (κ2) is 19.4. The molecule has 65 heavy (non-hydrogen) atoms. The molecule has 0 unspecified atom stereocenters. The van der Waals surface area contributed by atoms with Gasteiger partial charge in [-0.05, 0) is 96.8 Å². The number of halogens is 10. The first-order valence-corrected chi connectivity index (χ1v) is 22.4. The molecule has 23 heteroatoms. The maximum absolute atomic E-state index is 14.1. The van der Waals surface area contributed by atoms with Gasteiger partial charge in [0.25, 0.3) is 20.0 Å². The van der Waals surface area contributed by atoms with E-state index in [1.54, 1.807) is 30.3 Å². The lowest BCUT2D eigenvalue weighted by Crippen LogP contribution is -2.33. The van der Waals surface area contributed by atoms with E-state index in [2.05, 4.69) is 9.97 Å². The summed E-state index contributed by atoms with van der Waals surface area (Å²) >= 11 is 18.3. The summed E-state index contributed by atoms with van der Waals surface area (Å²) in [6.45, 7) is -1.10. The van der Waals surface area contributed by atoms with Gasteiger partial charge in [0.15, 0.2) is 11.6 Å². The fraction of sp³-hybridized carbons (Fsp3) is 0.143. The molecule has 0 amide bonds. The normalized spacial score (nSPS) is 12.2. The maximum atomic E-state index is 14.1. The summed E-state index contributed by atoms with van der Waals surface area (Å²) in [5.41, 5.74) is -3.00. The molecule has 0 bridgehead atoms. The molecular weight excluding hydrogens is 976 g/mol. The number of anilines is 2. The first-order chi connectivity index (χ1) is 30.5. The van der Waals surface area contributed by atoms with Crippen molar-refractivity contribution in [2.24, 2.45) is 0 Å². The third-order valence-electron chi connectivity index (χ3n) is 9.28. The Hall–Kier alpha value is -5.80. The van der Waals surface area contributed by atoms with Gasteiger partial charge in [0.05, 0.1) is 53.7 Å². The number of hydrogen-bond donors (Lipinski definition) is 0. The van der Waals surface area contributed by atoms with E-state index >= 15 is 0 Å². The van der Waals surface area contributed by atoms with Gasteiger partial charge in [0.2, 0.25) is 0 Å². The Morgan fingerprint density at radius 3 is 1.66 bits per heavy atom. The van der Waals surface area contributed by atoms with Gasteiger partial charge in [-0.2, -0.15) is 26.3 Å². The van der Waals surface area contributed by atoms with E-state index in [1.165, 1.54) is 0 Å². The highest BCUT2D eigenvalue weighted by Crippen LogP contribution is 2.37. The highest BCUT2D eigenvalue weighted by Gasteiger charge is 2.36. The van der Waals surface area contributed by atoms with Crippen LogP contribution in [0.2, 0.25) is 15.1 Å². The van der Waals surface area contributed by atoms with Crippen LogP contribution in [0.25, 0.3) is 0 Å². The van der Waals surface area contributed by atoms with Crippen molar-refractivity contribution in [2.45, 2.75) is 41.5 Å². The van der Waals surface area contributed by atoms with E-state index in [0.717, 1.165) is 76.7 Å². The molecule has 2 aromatic heterocycles. The van der Waals surface area contributed by atoms with Crippen LogP contribution in [0.3, 0.4) is 0 Å². The number of ether oxygens (including phenoxy) is 1. The molecule has 0 N–H and O–H groups in total. The highest BCUT2D eigenvalue weighted by atomic mass is 35.5. The van der Waals surface area contributed by atoms with Gasteiger partial charge in [-0.1, -0.05) is 71.2 Å². The van der Waals surface area contributed by atoms with E-state index < -0.39 is 94.3 Å². The fourth-order valence-corrected chi connectivity index (χ4v) is 9.84. The first kappa shape index (κ1) is 48.7. The number of carbonyl (C=O) groups excluding carboxylic acids is 2. The standard InChI is InChI=1S/C42H28Cl3F7N4O7S2/c43-30-21-35(45)38(54-23-30)56(24-26-8-17-36(46)33(19-26)42(50,51)52)65(61,62)32-15-11-28(12-16-32)40(58)63-39(57)27-9-13-31(14-10-27)64(59,60)55(18-4-7-25-5-2-1-3-6-25)37-34(44)20-29(22-53-37)41(47,48)49/h1-3,5-6,8-17,19-23H,4,7,18,24H2. The van der Waals surface area contributed by atoms with Crippen molar-refractivity contribution in [3.8, 4) is 0 Å². The minimum Gasteiger partial charge on any atom is -0.386 e. The van der Waals surface area contributed by atoms with Crippen LogP contribution < -0.4 is 8.61 Å². The number of nitrogens with zero attached hydrogens (tertiary/aromatic N) is 4. The second-order valence-corrected chi connectivity index (χ2v) is 18.7. The Kier molecular flexibility index (Phi) is 14.5. The molecule has 4 aromatic carbocycles. The molecule has 0 saturated carbocycles. The monoisotopic (exact) mass is 1000 g/mol. The zero-order valence-electron chi connectivity index (χ0n) is 32.6. The smallest absolute Gasteiger partial charge is 0.386 e. The van der Waals surface area contributed by atoms with E-state index in [9.17, 15) is 57.2 Å². The predicted molar refractivity (Wildman–Crippen MR) is 225 cm³/mol. The summed E-state index contributed by atoms with van der Waals surface area (Å²) in [6, 6.07) is 20.2. The van der Waals surface area contributed by atoms with Crippen molar-refractivity contribution in [2.75, 3.05) is 15.2 Å². The lowest BCUT2D eigenvalue weighted by molar-refractivity contribution is -0.140. The summed E-state index contributed by atoms with van der Waals surface area (Å²) in [5.74, 6) is -5.09. The topological polar surface area (TPSA) is 144 Å². The molecule has 6 aromatic rings. The number of carbonyl (C=O) groups is 2. The number of alkyl halides is 6. The number of pyridine rings is 2. The van der Waals surface area contributed by atoms with E-state index in [4.69, 9.17) is 39.5 Å². The SMILES string of the molecule is O=C(OC(=O)c1ccc(S(=O)(=O)N(Cc2ccc(F)c(C(F)(F)F)c2)c2ncc(Cl)cc2Cl)cc1)c1ccc(S(=O)(=O)N(CCCc2ccccc2)c2ncc(C(F)(F)F)cc2Cl)cc1. The van der Waals surface area contributed by atoms with Crippen molar-refractivity contribution in [3.63, 3.8) is 0 Å². The molecule has 0 fully saturated rings. The Morgan fingerprint density at radius 1 is 0.615 bits per heavy atom. The third kappa shape index (κ3) is 11.4. The summed E-state index contributed by atoms with van der Waals surface area (Å²) in [4.78, 5) is 32.8. The molecule has 11 nitrogen and oxygen atoms in total. The zero-order valence-corrected chi connectivity index (χ0v) is 36.5. The van der Waals surface area contributed by atoms with Crippen LogP contribution in [0.1, 0.15) is 49.4 Å². The minimum absolute atomic E-state index is 0.00738. The Morgan fingerprint density at radius 2 is 1.14 bits per heavy atom. The molecule has 340 valence electrons. The third-order valence-corrected chi connectivity index (χ3v) is 13.6. The van der Waals surface area contributed by atoms with Gasteiger partial charge in [-0.15, -0.1) is 0 Å². The van der Waals surface area contributed by atoms with Crippen molar-refractivity contribution in [3.05, 3.63) is 176 Å².